The molecule has 1 saturated heterocycles. The zero-order chi connectivity index (χ0) is 19.0. The van der Waals surface area contributed by atoms with Crippen molar-refractivity contribution in [2.24, 2.45) is 34.5 Å². The number of fused-ring (bicyclic) bond motifs is 5. The minimum atomic E-state index is -0.530. The molecule has 0 amide bonds. The van der Waals surface area contributed by atoms with Crippen LogP contribution in [0.25, 0.3) is 0 Å². The average molecular weight is 373 g/mol. The normalized spacial score (nSPS) is 48.6. The van der Waals surface area contributed by atoms with Crippen LogP contribution in [-0.2, 0) is 19.1 Å². The summed E-state index contributed by atoms with van der Waals surface area (Å²) in [6, 6.07) is 0. The zero-order valence-corrected chi connectivity index (χ0v) is 16.9. The van der Waals surface area contributed by atoms with Crippen LogP contribution < -0.4 is 0 Å². The Hall–Kier alpha value is -1.00. The molecular formula is C23H32O4. The Morgan fingerprint density at radius 3 is 2.48 bits per heavy atom. The fourth-order valence-electron chi connectivity index (χ4n) is 7.98. The molecule has 4 fully saturated rings. The van der Waals surface area contributed by atoms with Crippen LogP contribution in [0.5, 0.6) is 0 Å². The first-order valence-corrected chi connectivity index (χ1v) is 10.8. The van der Waals surface area contributed by atoms with Gasteiger partial charge in [-0.25, -0.2) is 0 Å². The van der Waals surface area contributed by atoms with Crippen LogP contribution in [0.1, 0.15) is 65.7 Å². The predicted molar refractivity (Wildman–Crippen MR) is 101 cm³/mol. The first-order valence-electron chi connectivity index (χ1n) is 10.8. The molecule has 3 saturated carbocycles. The number of hydrogen-bond acceptors (Lipinski definition) is 4. The van der Waals surface area contributed by atoms with Gasteiger partial charge in [-0.2, -0.15) is 0 Å². The summed E-state index contributed by atoms with van der Waals surface area (Å²) in [5.74, 6) is 1.54. The SMILES string of the molecule is CC1(C2CC[C@H]3[C@@H]4CCC5=CC(=O)CC[C@]5(C)[C@H]4C(=O)C[C@]23C)OCCO1. The number of carbonyl (C=O) groups excluding carboxylic acids is 2. The van der Waals surface area contributed by atoms with Crippen molar-refractivity contribution < 1.29 is 19.1 Å². The number of ketones is 2. The molecule has 1 unspecified atom stereocenters. The first kappa shape index (κ1) is 18.1. The zero-order valence-electron chi connectivity index (χ0n) is 16.9. The summed E-state index contributed by atoms with van der Waals surface area (Å²) < 4.78 is 12.1. The highest BCUT2D eigenvalue weighted by atomic mass is 16.7. The van der Waals surface area contributed by atoms with Gasteiger partial charge in [0.1, 0.15) is 5.78 Å². The minimum absolute atomic E-state index is 0.0284. The van der Waals surface area contributed by atoms with E-state index in [2.05, 4.69) is 20.8 Å². The molecule has 4 aliphatic carbocycles. The van der Waals surface area contributed by atoms with Gasteiger partial charge in [-0.15, -0.1) is 0 Å². The lowest BCUT2D eigenvalue weighted by Crippen LogP contribution is -2.57. The lowest BCUT2D eigenvalue weighted by Gasteiger charge is -2.57. The Morgan fingerprint density at radius 2 is 1.74 bits per heavy atom. The summed E-state index contributed by atoms with van der Waals surface area (Å²) in [5.41, 5.74) is 1.12. The molecule has 0 bridgehead atoms. The third kappa shape index (κ3) is 2.35. The number of ether oxygens (including phenoxy) is 2. The second-order valence-electron chi connectivity index (χ2n) is 10.3. The van der Waals surface area contributed by atoms with Crippen LogP contribution in [0.2, 0.25) is 0 Å². The summed E-state index contributed by atoms with van der Waals surface area (Å²) in [6.07, 6.45) is 8.26. The molecule has 4 heteroatoms. The number of hydrogen-bond donors (Lipinski definition) is 0. The van der Waals surface area contributed by atoms with Gasteiger partial charge in [0.2, 0.25) is 0 Å². The largest absolute Gasteiger partial charge is 0.348 e. The molecule has 1 aliphatic heterocycles. The van der Waals surface area contributed by atoms with Crippen LogP contribution in [-0.4, -0.2) is 30.6 Å². The molecule has 0 aromatic carbocycles. The van der Waals surface area contributed by atoms with Crippen molar-refractivity contribution in [3.05, 3.63) is 11.6 Å². The molecule has 0 spiro atoms. The Balaban J connectivity index is 1.51. The summed E-state index contributed by atoms with van der Waals surface area (Å²) in [6.45, 7) is 8.00. The number of carbonyl (C=O) groups is 2. The van der Waals surface area contributed by atoms with Gasteiger partial charge in [0.25, 0.3) is 0 Å². The van der Waals surface area contributed by atoms with Crippen molar-refractivity contribution in [1.29, 1.82) is 0 Å². The lowest BCUT2D eigenvalue weighted by molar-refractivity contribution is -0.213. The second-order valence-corrected chi connectivity index (χ2v) is 10.3. The maximum absolute atomic E-state index is 13.6. The minimum Gasteiger partial charge on any atom is -0.348 e. The average Bonchev–Trinajstić information content (AvgIpc) is 3.19. The van der Waals surface area contributed by atoms with Crippen molar-refractivity contribution >= 4 is 11.6 Å². The number of rotatable bonds is 1. The summed E-state index contributed by atoms with van der Waals surface area (Å²) >= 11 is 0. The van der Waals surface area contributed by atoms with Gasteiger partial charge >= 0.3 is 0 Å². The Labute approximate surface area is 162 Å². The van der Waals surface area contributed by atoms with Crippen molar-refractivity contribution in [1.82, 2.24) is 0 Å². The van der Waals surface area contributed by atoms with E-state index in [0.29, 0.717) is 49.6 Å². The van der Waals surface area contributed by atoms with E-state index >= 15 is 0 Å². The van der Waals surface area contributed by atoms with E-state index in [-0.39, 0.29) is 22.5 Å². The summed E-state index contributed by atoms with van der Waals surface area (Å²) in [4.78, 5) is 25.6. The molecule has 0 aromatic rings. The molecular weight excluding hydrogens is 340 g/mol. The van der Waals surface area contributed by atoms with Crippen molar-refractivity contribution in [3.8, 4) is 0 Å². The maximum atomic E-state index is 13.6. The third-order valence-electron chi connectivity index (χ3n) is 9.14. The third-order valence-corrected chi connectivity index (χ3v) is 9.14. The van der Waals surface area contributed by atoms with E-state index in [9.17, 15) is 9.59 Å². The van der Waals surface area contributed by atoms with Crippen molar-refractivity contribution in [2.75, 3.05) is 13.2 Å². The monoisotopic (exact) mass is 372 g/mol. The Bertz CT molecular complexity index is 718. The van der Waals surface area contributed by atoms with Crippen molar-refractivity contribution in [2.45, 2.75) is 71.5 Å². The second kappa shape index (κ2) is 5.76. The van der Waals surface area contributed by atoms with Gasteiger partial charge in [0.15, 0.2) is 11.6 Å². The van der Waals surface area contributed by atoms with Crippen LogP contribution in [0.3, 0.4) is 0 Å². The van der Waals surface area contributed by atoms with Crippen LogP contribution in [0.15, 0.2) is 11.6 Å². The first-order chi connectivity index (χ1) is 12.8. The van der Waals surface area contributed by atoms with E-state index in [1.807, 2.05) is 6.08 Å². The molecule has 5 rings (SSSR count). The van der Waals surface area contributed by atoms with Crippen LogP contribution in [0.4, 0.5) is 0 Å². The number of Topliss-reactive ketones (excluding diaryl/α,β-unsaturated/α-hetero) is 1. The van der Waals surface area contributed by atoms with Gasteiger partial charge in [-0.1, -0.05) is 19.4 Å². The highest BCUT2D eigenvalue weighted by Crippen LogP contribution is 2.67. The summed E-state index contributed by atoms with van der Waals surface area (Å²) in [7, 11) is 0. The van der Waals surface area contributed by atoms with E-state index in [1.54, 1.807) is 0 Å². The predicted octanol–water partition coefficient (Wildman–Crippen LogP) is 4.08. The standard InChI is InChI=1S/C23H32O4/c1-21-9-8-15(24)12-14(21)4-5-16-17-6-7-19(23(3)26-10-11-27-23)22(17,2)13-18(25)20(16)21/h12,16-17,19-20H,4-11,13H2,1-3H3/t16-,17-,19?,20+,21-,22-/m0/s1. The molecule has 27 heavy (non-hydrogen) atoms. The molecule has 0 N–H and O–H groups in total. The molecule has 1 heterocycles. The molecule has 0 radical (unpaired) electrons. The van der Waals surface area contributed by atoms with E-state index < -0.39 is 5.79 Å². The van der Waals surface area contributed by atoms with Gasteiger partial charge in [0.05, 0.1) is 13.2 Å². The van der Waals surface area contributed by atoms with Gasteiger partial charge in [-0.05, 0) is 67.8 Å². The van der Waals surface area contributed by atoms with Gasteiger partial charge < -0.3 is 9.47 Å². The fourth-order valence-corrected chi connectivity index (χ4v) is 7.98. The molecule has 148 valence electrons. The van der Waals surface area contributed by atoms with Gasteiger partial charge in [0, 0.05) is 24.7 Å². The quantitative estimate of drug-likeness (QED) is 0.696. The highest BCUT2D eigenvalue weighted by Gasteiger charge is 2.65. The van der Waals surface area contributed by atoms with E-state index in [1.165, 1.54) is 12.0 Å². The Morgan fingerprint density at radius 1 is 1.00 bits per heavy atom. The van der Waals surface area contributed by atoms with E-state index in [4.69, 9.17) is 9.47 Å². The topological polar surface area (TPSA) is 52.6 Å². The maximum Gasteiger partial charge on any atom is 0.169 e. The van der Waals surface area contributed by atoms with Crippen LogP contribution >= 0.6 is 0 Å². The molecule has 6 atom stereocenters. The summed E-state index contributed by atoms with van der Waals surface area (Å²) in [5, 5.41) is 0. The smallest absolute Gasteiger partial charge is 0.169 e. The molecule has 4 nitrogen and oxygen atoms in total. The Kier molecular flexibility index (Phi) is 3.85. The van der Waals surface area contributed by atoms with Gasteiger partial charge in [-0.3, -0.25) is 9.59 Å². The molecule has 5 aliphatic rings. The van der Waals surface area contributed by atoms with Crippen molar-refractivity contribution in [3.63, 3.8) is 0 Å². The fraction of sp³-hybridized carbons (Fsp3) is 0.826. The van der Waals surface area contributed by atoms with Crippen LogP contribution in [0, 0.1) is 34.5 Å². The molecule has 0 aromatic heterocycles. The number of allylic oxidation sites excluding steroid dienone is 1. The highest BCUT2D eigenvalue weighted by molar-refractivity contribution is 5.93. The van der Waals surface area contributed by atoms with E-state index in [0.717, 1.165) is 25.7 Å². The lowest BCUT2D eigenvalue weighted by atomic mass is 9.46.